The van der Waals surface area contributed by atoms with E-state index < -0.39 is 0 Å². The molecule has 1 aromatic carbocycles. The van der Waals surface area contributed by atoms with E-state index in [0.29, 0.717) is 16.9 Å². The third-order valence-electron chi connectivity index (χ3n) is 6.03. The SMILES string of the molecule is Cc1ccccc1NC1CC2=C(CC1(C)C)C(C)(C)CCC2. The molecule has 1 unspecified atom stereocenters. The fourth-order valence-corrected chi connectivity index (χ4v) is 4.38. The molecule has 1 heteroatoms. The maximum Gasteiger partial charge on any atom is 0.0372 e. The van der Waals surface area contributed by atoms with Crippen LogP contribution >= 0.6 is 0 Å². The first-order chi connectivity index (χ1) is 10.3. The predicted octanol–water partition coefficient (Wildman–Crippen LogP) is 6.10. The number of hydrogen-bond acceptors (Lipinski definition) is 1. The Labute approximate surface area is 136 Å². The van der Waals surface area contributed by atoms with Gasteiger partial charge in [0.1, 0.15) is 0 Å². The molecule has 0 bridgehead atoms. The normalized spacial score (nSPS) is 26.5. The van der Waals surface area contributed by atoms with Crippen LogP contribution in [-0.2, 0) is 0 Å². The molecule has 0 saturated carbocycles. The van der Waals surface area contributed by atoms with E-state index in [9.17, 15) is 0 Å². The van der Waals surface area contributed by atoms with Gasteiger partial charge in [-0.2, -0.15) is 0 Å². The van der Waals surface area contributed by atoms with Gasteiger partial charge in [0.2, 0.25) is 0 Å². The topological polar surface area (TPSA) is 12.0 Å². The Kier molecular flexibility index (Phi) is 3.87. The molecule has 2 aliphatic carbocycles. The van der Waals surface area contributed by atoms with Crippen LogP contribution in [0, 0.1) is 17.8 Å². The molecular formula is C21H31N. The van der Waals surface area contributed by atoms with Gasteiger partial charge < -0.3 is 5.32 Å². The van der Waals surface area contributed by atoms with Gasteiger partial charge in [-0.05, 0) is 61.5 Å². The van der Waals surface area contributed by atoms with Gasteiger partial charge in [0.25, 0.3) is 0 Å². The molecular weight excluding hydrogens is 266 g/mol. The summed E-state index contributed by atoms with van der Waals surface area (Å²) >= 11 is 0. The van der Waals surface area contributed by atoms with Crippen LogP contribution in [0.1, 0.15) is 65.4 Å². The molecule has 0 aromatic heterocycles. The van der Waals surface area contributed by atoms with Crippen molar-refractivity contribution >= 4 is 5.69 Å². The van der Waals surface area contributed by atoms with E-state index in [1.807, 2.05) is 0 Å². The average molecular weight is 297 g/mol. The van der Waals surface area contributed by atoms with Crippen LogP contribution in [0.5, 0.6) is 0 Å². The van der Waals surface area contributed by atoms with Crippen LogP contribution in [0.25, 0.3) is 0 Å². The molecule has 0 radical (unpaired) electrons. The van der Waals surface area contributed by atoms with Crippen molar-refractivity contribution in [3.8, 4) is 0 Å². The number of allylic oxidation sites excluding steroid dienone is 1. The Hall–Kier alpha value is -1.24. The molecule has 0 saturated heterocycles. The average Bonchev–Trinajstić information content (AvgIpc) is 2.43. The van der Waals surface area contributed by atoms with Crippen LogP contribution in [0.15, 0.2) is 35.4 Å². The zero-order valence-electron chi connectivity index (χ0n) is 14.9. The third kappa shape index (κ3) is 2.83. The zero-order chi connectivity index (χ0) is 16.0. The molecule has 1 N–H and O–H groups in total. The molecule has 1 atom stereocenters. The van der Waals surface area contributed by atoms with E-state index in [-0.39, 0.29) is 0 Å². The number of benzene rings is 1. The van der Waals surface area contributed by atoms with Gasteiger partial charge in [0.05, 0.1) is 0 Å². The van der Waals surface area contributed by atoms with Crippen LogP contribution in [-0.4, -0.2) is 6.04 Å². The van der Waals surface area contributed by atoms with Gasteiger partial charge in [-0.25, -0.2) is 0 Å². The van der Waals surface area contributed by atoms with Crippen molar-refractivity contribution < 1.29 is 0 Å². The zero-order valence-corrected chi connectivity index (χ0v) is 14.9. The summed E-state index contributed by atoms with van der Waals surface area (Å²) in [5.41, 5.74) is 6.91. The minimum absolute atomic E-state index is 0.315. The van der Waals surface area contributed by atoms with Gasteiger partial charge in [0.15, 0.2) is 0 Å². The molecule has 0 heterocycles. The Morgan fingerprint density at radius 2 is 1.82 bits per heavy atom. The van der Waals surface area contributed by atoms with E-state index in [2.05, 4.69) is 64.2 Å². The lowest BCUT2D eigenvalue weighted by Crippen LogP contribution is -2.43. The van der Waals surface area contributed by atoms with Crippen molar-refractivity contribution in [2.75, 3.05) is 5.32 Å². The van der Waals surface area contributed by atoms with E-state index >= 15 is 0 Å². The maximum absolute atomic E-state index is 3.87. The van der Waals surface area contributed by atoms with Crippen LogP contribution in [0.4, 0.5) is 5.69 Å². The summed E-state index contributed by atoms with van der Waals surface area (Å²) in [6.45, 7) is 12.0. The number of nitrogens with one attached hydrogen (secondary N) is 1. The highest BCUT2D eigenvalue weighted by Crippen LogP contribution is 2.52. The molecule has 3 rings (SSSR count). The second-order valence-corrected chi connectivity index (χ2v) is 8.70. The number of anilines is 1. The number of aryl methyl sites for hydroxylation is 1. The molecule has 120 valence electrons. The lowest BCUT2D eigenvalue weighted by molar-refractivity contribution is 0.225. The third-order valence-corrected chi connectivity index (χ3v) is 6.03. The fraction of sp³-hybridized carbons (Fsp3) is 0.619. The minimum atomic E-state index is 0.315. The first kappa shape index (κ1) is 15.6. The van der Waals surface area contributed by atoms with E-state index in [4.69, 9.17) is 0 Å². The highest BCUT2D eigenvalue weighted by molar-refractivity contribution is 5.52. The Balaban J connectivity index is 1.88. The van der Waals surface area contributed by atoms with E-state index in [0.717, 1.165) is 0 Å². The summed E-state index contributed by atoms with van der Waals surface area (Å²) in [5, 5.41) is 3.87. The molecule has 1 aromatic rings. The highest BCUT2D eigenvalue weighted by Gasteiger charge is 2.42. The van der Waals surface area contributed by atoms with Gasteiger partial charge in [-0.15, -0.1) is 0 Å². The quantitative estimate of drug-likeness (QED) is 0.650. The fourth-order valence-electron chi connectivity index (χ4n) is 4.38. The summed E-state index contributed by atoms with van der Waals surface area (Å²) in [6, 6.07) is 9.23. The predicted molar refractivity (Wildman–Crippen MR) is 96.3 cm³/mol. The molecule has 0 fully saturated rings. The number of para-hydroxylation sites is 1. The first-order valence-corrected chi connectivity index (χ1v) is 8.83. The molecule has 22 heavy (non-hydrogen) atoms. The molecule has 1 nitrogen and oxygen atoms in total. The molecule has 0 spiro atoms. The lowest BCUT2D eigenvalue weighted by atomic mass is 9.60. The standard InChI is InChI=1S/C21H31N/c1-15-9-6-7-11-18(15)22-19-13-16-10-8-12-20(2,3)17(16)14-21(19,4)5/h6-7,9,11,19,22H,8,10,12-14H2,1-5H3. The maximum atomic E-state index is 3.87. The summed E-state index contributed by atoms with van der Waals surface area (Å²) in [4.78, 5) is 0. The number of rotatable bonds is 2. The Morgan fingerprint density at radius 3 is 2.55 bits per heavy atom. The van der Waals surface area contributed by atoms with Gasteiger partial charge >= 0.3 is 0 Å². The van der Waals surface area contributed by atoms with Crippen molar-refractivity contribution in [2.45, 2.75) is 72.8 Å². The summed E-state index contributed by atoms with van der Waals surface area (Å²) in [6.07, 6.45) is 6.51. The summed E-state index contributed by atoms with van der Waals surface area (Å²) < 4.78 is 0. The van der Waals surface area contributed by atoms with Crippen molar-refractivity contribution in [3.63, 3.8) is 0 Å². The van der Waals surface area contributed by atoms with Crippen LogP contribution in [0.2, 0.25) is 0 Å². The highest BCUT2D eigenvalue weighted by atomic mass is 14.9. The number of hydrogen-bond donors (Lipinski definition) is 1. The Morgan fingerprint density at radius 1 is 1.09 bits per heavy atom. The van der Waals surface area contributed by atoms with Gasteiger partial charge in [0, 0.05) is 11.7 Å². The smallest absolute Gasteiger partial charge is 0.0372 e. The van der Waals surface area contributed by atoms with Crippen molar-refractivity contribution in [1.29, 1.82) is 0 Å². The second kappa shape index (κ2) is 5.44. The molecule has 2 aliphatic rings. The second-order valence-electron chi connectivity index (χ2n) is 8.70. The van der Waals surface area contributed by atoms with Crippen molar-refractivity contribution in [1.82, 2.24) is 0 Å². The van der Waals surface area contributed by atoms with Crippen LogP contribution in [0.3, 0.4) is 0 Å². The van der Waals surface area contributed by atoms with Gasteiger partial charge in [-0.3, -0.25) is 0 Å². The Bertz CT molecular complexity index is 592. The molecule has 0 aliphatic heterocycles. The summed E-state index contributed by atoms with van der Waals surface area (Å²) in [7, 11) is 0. The van der Waals surface area contributed by atoms with Crippen molar-refractivity contribution in [2.24, 2.45) is 10.8 Å². The lowest BCUT2D eigenvalue weighted by Gasteiger charge is -2.48. The largest absolute Gasteiger partial charge is 0.381 e. The van der Waals surface area contributed by atoms with Crippen molar-refractivity contribution in [3.05, 3.63) is 41.0 Å². The first-order valence-electron chi connectivity index (χ1n) is 8.83. The van der Waals surface area contributed by atoms with Gasteiger partial charge in [-0.1, -0.05) is 57.0 Å². The molecule has 0 amide bonds. The van der Waals surface area contributed by atoms with E-state index in [1.54, 1.807) is 11.1 Å². The monoisotopic (exact) mass is 297 g/mol. The summed E-state index contributed by atoms with van der Waals surface area (Å²) in [5.74, 6) is 0. The van der Waals surface area contributed by atoms with E-state index in [1.165, 1.54) is 43.4 Å². The van der Waals surface area contributed by atoms with Crippen LogP contribution < -0.4 is 5.32 Å². The minimum Gasteiger partial charge on any atom is -0.381 e.